The van der Waals surface area contributed by atoms with Crippen molar-refractivity contribution in [2.24, 2.45) is 0 Å². The Morgan fingerprint density at radius 3 is 2.53 bits per heavy atom. The molecule has 34 heavy (non-hydrogen) atoms. The fourth-order valence-corrected chi connectivity index (χ4v) is 3.90. The summed E-state index contributed by atoms with van der Waals surface area (Å²) in [6.45, 7) is 3.36. The van der Waals surface area contributed by atoms with Crippen LogP contribution in [-0.2, 0) is 11.3 Å². The fourth-order valence-electron chi connectivity index (χ4n) is 3.15. The average Bonchev–Trinajstić information content (AvgIpc) is 3.41. The van der Waals surface area contributed by atoms with Gasteiger partial charge in [0, 0.05) is 18.1 Å². The van der Waals surface area contributed by atoms with Crippen LogP contribution in [0.1, 0.15) is 11.4 Å². The van der Waals surface area contributed by atoms with Gasteiger partial charge in [-0.05, 0) is 48.9 Å². The van der Waals surface area contributed by atoms with Crippen LogP contribution in [0.2, 0.25) is 0 Å². The first-order chi connectivity index (χ1) is 16.3. The van der Waals surface area contributed by atoms with Crippen molar-refractivity contribution in [1.29, 1.82) is 0 Å². The molecule has 0 radical (unpaired) electrons. The number of halogens is 3. The van der Waals surface area contributed by atoms with Gasteiger partial charge >= 0.3 is 6.36 Å². The van der Waals surface area contributed by atoms with Gasteiger partial charge in [0.05, 0.1) is 18.8 Å². The zero-order chi connectivity index (χ0) is 24.1. The van der Waals surface area contributed by atoms with Crippen molar-refractivity contribution in [2.75, 3.05) is 20.3 Å². The predicted octanol–water partition coefficient (Wildman–Crippen LogP) is 5.35. The molecule has 0 fully saturated rings. The van der Waals surface area contributed by atoms with Crippen LogP contribution < -0.4 is 9.47 Å². The van der Waals surface area contributed by atoms with E-state index in [9.17, 15) is 13.2 Å². The highest BCUT2D eigenvalue weighted by molar-refractivity contribution is 7.13. The Morgan fingerprint density at radius 1 is 1.00 bits per heavy atom. The van der Waals surface area contributed by atoms with Crippen LogP contribution in [0.25, 0.3) is 22.1 Å². The van der Waals surface area contributed by atoms with Gasteiger partial charge in [-0.3, -0.25) is 0 Å². The molecule has 0 saturated heterocycles. The number of alkyl halides is 3. The maximum Gasteiger partial charge on any atom is 0.573 e. The Labute approximate surface area is 197 Å². The van der Waals surface area contributed by atoms with Gasteiger partial charge in [0.15, 0.2) is 5.01 Å². The molecular formula is C23H21F3N4O3S. The third-order valence-electron chi connectivity index (χ3n) is 4.72. The van der Waals surface area contributed by atoms with E-state index in [1.54, 1.807) is 11.8 Å². The minimum atomic E-state index is -4.73. The molecule has 2 aromatic heterocycles. The Balaban J connectivity index is 1.46. The summed E-state index contributed by atoms with van der Waals surface area (Å²) in [5.41, 5.74) is 2.29. The number of methoxy groups -OCH3 is 1. The van der Waals surface area contributed by atoms with E-state index in [0.717, 1.165) is 17.1 Å². The zero-order valence-electron chi connectivity index (χ0n) is 18.4. The van der Waals surface area contributed by atoms with Crippen LogP contribution in [0.4, 0.5) is 13.2 Å². The van der Waals surface area contributed by atoms with Gasteiger partial charge in [-0.2, -0.15) is 0 Å². The van der Waals surface area contributed by atoms with Crippen molar-refractivity contribution in [2.45, 2.75) is 19.8 Å². The Hall–Kier alpha value is -3.44. The summed E-state index contributed by atoms with van der Waals surface area (Å²) in [4.78, 5) is 9.09. The number of rotatable bonds is 9. The third-order valence-corrected chi connectivity index (χ3v) is 5.56. The summed E-state index contributed by atoms with van der Waals surface area (Å²) in [5.74, 6) is 1.68. The molecule has 0 spiro atoms. The normalized spacial score (nSPS) is 11.6. The first-order valence-electron chi connectivity index (χ1n) is 10.2. The molecule has 2 heterocycles. The lowest BCUT2D eigenvalue weighted by atomic mass is 10.2. The lowest BCUT2D eigenvalue weighted by Gasteiger charge is -2.08. The highest BCUT2D eigenvalue weighted by Gasteiger charge is 2.31. The molecule has 0 aliphatic rings. The zero-order valence-corrected chi connectivity index (χ0v) is 19.2. The molecule has 0 unspecified atom stereocenters. The topological polar surface area (TPSA) is 71.3 Å². The summed E-state index contributed by atoms with van der Waals surface area (Å²) < 4.78 is 53.4. The molecule has 4 aromatic rings. The standard InChI is InChI=1S/C23H21F3N4O3S/c1-15-27-21(29-30(15)13-16-4-3-5-19(12-16)32-11-10-31-2)22-28-20(14-34-22)17-6-8-18(9-7-17)33-23(24,25)26/h3-9,12,14H,10-11,13H2,1-2H3. The second-order valence-corrected chi connectivity index (χ2v) is 8.10. The van der Waals surface area contributed by atoms with Crippen LogP contribution >= 0.6 is 11.3 Å². The van der Waals surface area contributed by atoms with Gasteiger partial charge in [-0.15, -0.1) is 29.6 Å². The lowest BCUT2D eigenvalue weighted by Crippen LogP contribution is -2.16. The van der Waals surface area contributed by atoms with Crippen molar-refractivity contribution < 1.29 is 27.4 Å². The lowest BCUT2D eigenvalue weighted by molar-refractivity contribution is -0.274. The van der Waals surface area contributed by atoms with E-state index in [-0.39, 0.29) is 5.75 Å². The predicted molar refractivity (Wildman–Crippen MR) is 121 cm³/mol. The number of thiazole rings is 1. The monoisotopic (exact) mass is 490 g/mol. The van der Waals surface area contributed by atoms with Crippen LogP contribution in [0, 0.1) is 6.92 Å². The number of aromatic nitrogens is 4. The number of nitrogens with zero attached hydrogens (tertiary/aromatic N) is 4. The van der Waals surface area contributed by atoms with Gasteiger partial charge in [0.2, 0.25) is 5.82 Å². The fraction of sp³-hybridized carbons (Fsp3) is 0.261. The van der Waals surface area contributed by atoms with Crippen molar-refractivity contribution in [3.8, 4) is 33.6 Å². The van der Waals surface area contributed by atoms with Crippen molar-refractivity contribution in [3.05, 3.63) is 65.3 Å². The highest BCUT2D eigenvalue weighted by atomic mass is 32.1. The van der Waals surface area contributed by atoms with Crippen molar-refractivity contribution in [1.82, 2.24) is 19.7 Å². The average molecular weight is 491 g/mol. The maximum absolute atomic E-state index is 12.4. The third kappa shape index (κ3) is 6.12. The SMILES string of the molecule is COCCOc1cccc(Cn2nc(-c3nc(-c4ccc(OC(F)(F)F)cc4)cs3)nc2C)c1. The number of ether oxygens (including phenoxy) is 3. The first-order valence-corrected chi connectivity index (χ1v) is 11.1. The number of hydrogen-bond acceptors (Lipinski definition) is 7. The molecule has 0 amide bonds. The van der Waals surface area contributed by atoms with Gasteiger partial charge in [-0.1, -0.05) is 12.1 Å². The van der Waals surface area contributed by atoms with Crippen LogP contribution in [0.3, 0.4) is 0 Å². The minimum absolute atomic E-state index is 0.282. The molecule has 7 nitrogen and oxygen atoms in total. The second kappa shape index (κ2) is 10.2. The molecule has 4 rings (SSSR count). The molecule has 2 aromatic carbocycles. The largest absolute Gasteiger partial charge is 0.573 e. The Kier molecular flexibility index (Phi) is 7.13. The maximum atomic E-state index is 12.4. The summed E-state index contributed by atoms with van der Waals surface area (Å²) in [5, 5.41) is 7.02. The van der Waals surface area contributed by atoms with E-state index in [1.807, 2.05) is 36.6 Å². The molecule has 0 atom stereocenters. The van der Waals surface area contributed by atoms with Crippen LogP contribution in [-0.4, -0.2) is 46.4 Å². The summed E-state index contributed by atoms with van der Waals surface area (Å²) >= 11 is 1.36. The minimum Gasteiger partial charge on any atom is -0.491 e. The molecule has 11 heteroatoms. The summed E-state index contributed by atoms with van der Waals surface area (Å²) in [7, 11) is 1.62. The molecule has 0 aliphatic carbocycles. The van der Waals surface area contributed by atoms with E-state index in [0.29, 0.717) is 41.8 Å². The van der Waals surface area contributed by atoms with Crippen LogP contribution in [0.15, 0.2) is 53.9 Å². The van der Waals surface area contributed by atoms with Gasteiger partial charge < -0.3 is 14.2 Å². The van der Waals surface area contributed by atoms with E-state index in [4.69, 9.17) is 9.47 Å². The Bertz CT molecular complexity index is 1240. The molecule has 0 N–H and O–H groups in total. The van der Waals surface area contributed by atoms with Crippen LogP contribution in [0.5, 0.6) is 11.5 Å². The quantitative estimate of drug-likeness (QED) is 0.295. The van der Waals surface area contributed by atoms with Gasteiger partial charge in [0.25, 0.3) is 0 Å². The Morgan fingerprint density at radius 2 is 1.79 bits per heavy atom. The smallest absolute Gasteiger partial charge is 0.491 e. The highest BCUT2D eigenvalue weighted by Crippen LogP contribution is 2.30. The summed E-state index contributed by atoms with van der Waals surface area (Å²) in [6.07, 6.45) is -4.73. The molecular weight excluding hydrogens is 469 g/mol. The number of benzene rings is 2. The molecule has 0 saturated carbocycles. The van der Waals surface area contributed by atoms with Crippen molar-refractivity contribution >= 4 is 11.3 Å². The van der Waals surface area contributed by atoms with E-state index >= 15 is 0 Å². The van der Waals surface area contributed by atoms with E-state index < -0.39 is 6.36 Å². The van der Waals surface area contributed by atoms with Crippen molar-refractivity contribution in [3.63, 3.8) is 0 Å². The number of hydrogen-bond donors (Lipinski definition) is 0. The molecule has 178 valence electrons. The first kappa shape index (κ1) is 23.7. The number of aryl methyl sites for hydroxylation is 1. The summed E-state index contributed by atoms with van der Waals surface area (Å²) in [6, 6.07) is 13.3. The molecule has 0 bridgehead atoms. The van der Waals surface area contributed by atoms with Gasteiger partial charge in [0.1, 0.15) is 23.9 Å². The molecule has 0 aliphatic heterocycles. The van der Waals surface area contributed by atoms with E-state index in [2.05, 4.69) is 19.8 Å². The van der Waals surface area contributed by atoms with E-state index in [1.165, 1.54) is 35.6 Å². The van der Waals surface area contributed by atoms with Gasteiger partial charge in [-0.25, -0.2) is 14.6 Å². The second-order valence-electron chi connectivity index (χ2n) is 7.24.